The molecule has 176 valence electrons. The largest absolute Gasteiger partial charge is 0.493 e. The SMILES string of the molecule is O=C(CC1(COc2ccc(F)cc2)CCN(C(=O)c2ccccc2Br)CC1)N1CCCCC1. The van der Waals surface area contributed by atoms with Gasteiger partial charge in [-0.1, -0.05) is 12.1 Å². The molecule has 0 saturated carbocycles. The Balaban J connectivity index is 1.45. The van der Waals surface area contributed by atoms with Crippen LogP contribution in [0, 0.1) is 11.2 Å². The zero-order valence-corrected chi connectivity index (χ0v) is 20.4. The number of amides is 2. The highest BCUT2D eigenvalue weighted by Gasteiger charge is 2.40. The monoisotopic (exact) mass is 516 g/mol. The normalized spacial score (nSPS) is 18.1. The summed E-state index contributed by atoms with van der Waals surface area (Å²) in [7, 11) is 0. The number of carbonyl (C=O) groups excluding carboxylic acids is 2. The molecule has 2 aliphatic heterocycles. The van der Waals surface area contributed by atoms with Gasteiger partial charge in [0.15, 0.2) is 0 Å². The lowest BCUT2D eigenvalue weighted by molar-refractivity contribution is -0.136. The summed E-state index contributed by atoms with van der Waals surface area (Å²) in [5, 5.41) is 0. The third-order valence-corrected chi connectivity index (χ3v) is 7.50. The van der Waals surface area contributed by atoms with Crippen LogP contribution in [0.2, 0.25) is 0 Å². The van der Waals surface area contributed by atoms with Crippen molar-refractivity contribution in [2.75, 3.05) is 32.8 Å². The molecule has 2 saturated heterocycles. The molecule has 2 heterocycles. The van der Waals surface area contributed by atoms with Gasteiger partial charge in [0.2, 0.25) is 5.91 Å². The first-order chi connectivity index (χ1) is 16.0. The van der Waals surface area contributed by atoms with Crippen molar-refractivity contribution in [3.63, 3.8) is 0 Å². The maximum absolute atomic E-state index is 13.3. The summed E-state index contributed by atoms with van der Waals surface area (Å²) in [6.45, 7) is 3.15. The van der Waals surface area contributed by atoms with Crippen molar-refractivity contribution >= 4 is 27.7 Å². The molecule has 0 aromatic heterocycles. The van der Waals surface area contributed by atoms with Crippen LogP contribution in [0.1, 0.15) is 48.9 Å². The Morgan fingerprint density at radius 2 is 1.58 bits per heavy atom. The van der Waals surface area contributed by atoms with Crippen molar-refractivity contribution in [3.05, 3.63) is 64.4 Å². The molecule has 0 N–H and O–H groups in total. The number of benzene rings is 2. The lowest BCUT2D eigenvalue weighted by atomic mass is 9.75. The van der Waals surface area contributed by atoms with Crippen LogP contribution in [-0.2, 0) is 4.79 Å². The van der Waals surface area contributed by atoms with E-state index >= 15 is 0 Å². The van der Waals surface area contributed by atoms with Gasteiger partial charge in [-0.05, 0) is 84.4 Å². The molecule has 7 heteroatoms. The van der Waals surface area contributed by atoms with E-state index in [9.17, 15) is 14.0 Å². The highest BCUT2D eigenvalue weighted by molar-refractivity contribution is 9.10. The van der Waals surface area contributed by atoms with Crippen molar-refractivity contribution in [1.29, 1.82) is 0 Å². The van der Waals surface area contributed by atoms with Crippen LogP contribution in [0.3, 0.4) is 0 Å². The van der Waals surface area contributed by atoms with Gasteiger partial charge in [-0.2, -0.15) is 0 Å². The van der Waals surface area contributed by atoms with E-state index in [0.717, 1.165) is 30.4 Å². The molecular formula is C26H30BrFN2O3. The predicted octanol–water partition coefficient (Wildman–Crippen LogP) is 5.29. The number of likely N-dealkylation sites (tertiary alicyclic amines) is 2. The second kappa shape index (κ2) is 10.7. The van der Waals surface area contributed by atoms with Gasteiger partial charge in [0.25, 0.3) is 5.91 Å². The van der Waals surface area contributed by atoms with E-state index in [1.54, 1.807) is 12.1 Å². The molecule has 0 unspecified atom stereocenters. The van der Waals surface area contributed by atoms with E-state index in [2.05, 4.69) is 15.9 Å². The molecule has 5 nitrogen and oxygen atoms in total. The minimum atomic E-state index is -0.354. The van der Waals surface area contributed by atoms with E-state index in [1.165, 1.54) is 18.6 Å². The van der Waals surface area contributed by atoms with E-state index in [0.29, 0.717) is 50.3 Å². The Labute approximate surface area is 203 Å². The molecule has 2 fully saturated rings. The van der Waals surface area contributed by atoms with Crippen LogP contribution in [-0.4, -0.2) is 54.4 Å². The number of hydrogen-bond acceptors (Lipinski definition) is 3. The van der Waals surface area contributed by atoms with Gasteiger partial charge in [-0.25, -0.2) is 4.39 Å². The van der Waals surface area contributed by atoms with Crippen LogP contribution < -0.4 is 4.74 Å². The van der Waals surface area contributed by atoms with Gasteiger partial charge in [0.05, 0.1) is 12.2 Å². The molecule has 4 rings (SSSR count). The molecule has 2 aromatic rings. The molecule has 2 aromatic carbocycles. The summed E-state index contributed by atoms with van der Waals surface area (Å²) in [5.41, 5.74) is 0.296. The number of hydrogen-bond donors (Lipinski definition) is 0. The molecular weight excluding hydrogens is 487 g/mol. The van der Waals surface area contributed by atoms with E-state index in [1.807, 2.05) is 34.1 Å². The van der Waals surface area contributed by atoms with Crippen LogP contribution in [0.25, 0.3) is 0 Å². The Morgan fingerprint density at radius 3 is 2.24 bits per heavy atom. The summed E-state index contributed by atoms with van der Waals surface area (Å²) in [6, 6.07) is 13.4. The molecule has 0 bridgehead atoms. The standard InChI is InChI=1S/C26H30BrFN2O3/c27-23-7-3-2-6-22(23)25(32)30-16-12-26(13-17-30,18-24(31)29-14-4-1-5-15-29)19-33-21-10-8-20(28)9-11-21/h2-3,6-11H,1,4-5,12-19H2. The van der Waals surface area contributed by atoms with Crippen molar-refractivity contribution in [3.8, 4) is 5.75 Å². The Morgan fingerprint density at radius 1 is 0.909 bits per heavy atom. The number of rotatable bonds is 6. The Kier molecular flexibility index (Phi) is 7.68. The zero-order valence-electron chi connectivity index (χ0n) is 18.8. The first-order valence-corrected chi connectivity index (χ1v) is 12.5. The average molecular weight is 517 g/mol. The maximum Gasteiger partial charge on any atom is 0.254 e. The summed E-state index contributed by atoms with van der Waals surface area (Å²) in [5.74, 6) is 0.449. The molecule has 33 heavy (non-hydrogen) atoms. The smallest absolute Gasteiger partial charge is 0.254 e. The first kappa shape index (κ1) is 23.7. The fraction of sp³-hybridized carbons (Fsp3) is 0.462. The summed E-state index contributed by atoms with van der Waals surface area (Å²) < 4.78 is 20.1. The number of ether oxygens (including phenoxy) is 1. The van der Waals surface area contributed by atoms with E-state index in [-0.39, 0.29) is 23.0 Å². The van der Waals surface area contributed by atoms with Crippen LogP contribution in [0.5, 0.6) is 5.75 Å². The number of carbonyl (C=O) groups is 2. The summed E-state index contributed by atoms with van der Waals surface area (Å²) >= 11 is 3.47. The lowest BCUT2D eigenvalue weighted by Gasteiger charge is -2.42. The molecule has 2 aliphatic rings. The van der Waals surface area contributed by atoms with Crippen LogP contribution in [0.4, 0.5) is 4.39 Å². The number of nitrogens with zero attached hydrogens (tertiary/aromatic N) is 2. The summed E-state index contributed by atoms with van der Waals surface area (Å²) in [6.07, 6.45) is 5.06. The molecule has 0 radical (unpaired) electrons. The first-order valence-electron chi connectivity index (χ1n) is 11.7. The van der Waals surface area contributed by atoms with E-state index in [4.69, 9.17) is 4.74 Å². The van der Waals surface area contributed by atoms with Gasteiger partial charge in [0.1, 0.15) is 11.6 Å². The predicted molar refractivity (Wildman–Crippen MR) is 129 cm³/mol. The Bertz CT molecular complexity index is 968. The fourth-order valence-corrected chi connectivity index (χ4v) is 5.16. The molecule has 2 amide bonds. The summed E-state index contributed by atoms with van der Waals surface area (Å²) in [4.78, 5) is 30.0. The van der Waals surface area contributed by atoms with Gasteiger partial charge >= 0.3 is 0 Å². The minimum absolute atomic E-state index is 0.00196. The van der Waals surface area contributed by atoms with Crippen molar-refractivity contribution < 1.29 is 18.7 Å². The zero-order chi connectivity index (χ0) is 23.3. The quantitative estimate of drug-likeness (QED) is 0.523. The molecule has 0 spiro atoms. The van der Waals surface area contributed by atoms with Gasteiger partial charge in [-0.3, -0.25) is 9.59 Å². The van der Waals surface area contributed by atoms with Gasteiger partial charge in [0, 0.05) is 42.5 Å². The topological polar surface area (TPSA) is 49.9 Å². The maximum atomic E-state index is 13.3. The highest BCUT2D eigenvalue weighted by Crippen LogP contribution is 2.37. The van der Waals surface area contributed by atoms with Crippen LogP contribution >= 0.6 is 15.9 Å². The lowest BCUT2D eigenvalue weighted by Crippen LogP contribution is -2.48. The third kappa shape index (κ3) is 5.94. The van der Waals surface area contributed by atoms with Gasteiger partial charge < -0.3 is 14.5 Å². The van der Waals surface area contributed by atoms with Crippen molar-refractivity contribution in [2.24, 2.45) is 5.41 Å². The number of piperidine rings is 2. The second-order valence-corrected chi connectivity index (χ2v) is 9.99. The van der Waals surface area contributed by atoms with Crippen molar-refractivity contribution in [2.45, 2.75) is 38.5 Å². The third-order valence-electron chi connectivity index (χ3n) is 6.81. The van der Waals surface area contributed by atoms with Crippen molar-refractivity contribution in [1.82, 2.24) is 9.80 Å². The fourth-order valence-electron chi connectivity index (χ4n) is 4.70. The number of halogens is 2. The minimum Gasteiger partial charge on any atom is -0.493 e. The second-order valence-electron chi connectivity index (χ2n) is 9.13. The molecule has 0 aliphatic carbocycles. The van der Waals surface area contributed by atoms with E-state index < -0.39 is 0 Å². The molecule has 0 atom stereocenters. The Hall–Kier alpha value is -2.41. The van der Waals surface area contributed by atoms with Gasteiger partial charge in [-0.15, -0.1) is 0 Å². The average Bonchev–Trinajstić information content (AvgIpc) is 2.85. The van der Waals surface area contributed by atoms with Crippen LogP contribution in [0.15, 0.2) is 53.0 Å². The highest BCUT2D eigenvalue weighted by atomic mass is 79.9.